The molecule has 11 heavy (non-hydrogen) atoms. The third-order valence-electron chi connectivity index (χ3n) is 1.40. The Morgan fingerprint density at radius 1 is 1.36 bits per heavy atom. The first-order chi connectivity index (χ1) is 4.88. The van der Waals surface area contributed by atoms with Crippen LogP contribution < -0.4 is 0 Å². The number of pyridine rings is 1. The van der Waals surface area contributed by atoms with Crippen molar-refractivity contribution in [2.75, 3.05) is 0 Å². The van der Waals surface area contributed by atoms with Crippen LogP contribution >= 0.6 is 12.4 Å². The van der Waals surface area contributed by atoms with E-state index in [2.05, 4.69) is 4.98 Å². The molecule has 0 aliphatic carbocycles. The second-order valence-electron chi connectivity index (χ2n) is 2.05. The molecule has 2 aromatic rings. The Kier molecular flexibility index (Phi) is 2.01. The summed E-state index contributed by atoms with van der Waals surface area (Å²) in [5, 5.41) is 9.11. The van der Waals surface area contributed by atoms with Crippen LogP contribution in [0.5, 0.6) is 5.88 Å². The van der Waals surface area contributed by atoms with E-state index in [0.29, 0.717) is 0 Å². The first kappa shape index (κ1) is 7.88. The number of aromatic nitrogens is 2. The van der Waals surface area contributed by atoms with Crippen molar-refractivity contribution in [1.82, 2.24) is 9.38 Å². The molecule has 0 aliphatic heterocycles. The molecule has 4 heteroatoms. The topological polar surface area (TPSA) is 37.5 Å². The van der Waals surface area contributed by atoms with Gasteiger partial charge in [0.25, 0.3) is 0 Å². The van der Waals surface area contributed by atoms with E-state index in [1.165, 1.54) is 6.20 Å². The first-order valence-electron chi connectivity index (χ1n) is 2.99. The molecule has 0 fully saturated rings. The summed E-state index contributed by atoms with van der Waals surface area (Å²) < 4.78 is 1.61. The van der Waals surface area contributed by atoms with Crippen molar-refractivity contribution >= 4 is 18.1 Å². The fraction of sp³-hybridized carbons (Fsp3) is 0. The van der Waals surface area contributed by atoms with Crippen LogP contribution in [0.1, 0.15) is 0 Å². The highest BCUT2D eigenvalue weighted by Crippen LogP contribution is 2.10. The third-order valence-corrected chi connectivity index (χ3v) is 1.40. The predicted octanol–water partition coefficient (Wildman–Crippen LogP) is 1.46. The van der Waals surface area contributed by atoms with Crippen LogP contribution in [0.2, 0.25) is 0 Å². The summed E-state index contributed by atoms with van der Waals surface area (Å²) in [6, 6.07) is 5.55. The van der Waals surface area contributed by atoms with Crippen LogP contribution in [0.15, 0.2) is 30.6 Å². The summed E-state index contributed by atoms with van der Waals surface area (Å²) in [5.41, 5.74) is 0.764. The van der Waals surface area contributed by atoms with E-state index in [-0.39, 0.29) is 18.3 Å². The molecule has 1 N–H and O–H groups in total. The van der Waals surface area contributed by atoms with Gasteiger partial charge in [0.1, 0.15) is 5.65 Å². The number of rotatable bonds is 0. The second-order valence-corrected chi connectivity index (χ2v) is 2.05. The SMILES string of the molecule is Cl.Oc1cnc2ccccn12. The molecule has 0 aromatic carbocycles. The van der Waals surface area contributed by atoms with Crippen molar-refractivity contribution in [1.29, 1.82) is 0 Å². The van der Waals surface area contributed by atoms with E-state index >= 15 is 0 Å². The summed E-state index contributed by atoms with van der Waals surface area (Å²) in [6.07, 6.45) is 3.19. The average molecular weight is 171 g/mol. The lowest BCUT2D eigenvalue weighted by atomic mass is 10.5. The van der Waals surface area contributed by atoms with Gasteiger partial charge in [0.2, 0.25) is 5.88 Å². The zero-order valence-electron chi connectivity index (χ0n) is 5.64. The smallest absolute Gasteiger partial charge is 0.215 e. The molecular formula is C7H7ClN2O. The van der Waals surface area contributed by atoms with E-state index in [1.54, 1.807) is 10.6 Å². The zero-order valence-corrected chi connectivity index (χ0v) is 6.45. The molecule has 0 amide bonds. The van der Waals surface area contributed by atoms with Gasteiger partial charge in [-0.05, 0) is 12.1 Å². The molecule has 58 valence electrons. The minimum Gasteiger partial charge on any atom is -0.493 e. The largest absolute Gasteiger partial charge is 0.493 e. The van der Waals surface area contributed by atoms with Crippen LogP contribution in [-0.2, 0) is 0 Å². The van der Waals surface area contributed by atoms with Gasteiger partial charge in [-0.3, -0.25) is 4.40 Å². The molecule has 2 heterocycles. The first-order valence-corrected chi connectivity index (χ1v) is 2.99. The number of nitrogens with zero attached hydrogens (tertiary/aromatic N) is 2. The van der Waals surface area contributed by atoms with E-state index in [0.717, 1.165) is 5.65 Å². The lowest BCUT2D eigenvalue weighted by Gasteiger charge is -1.90. The number of aromatic hydroxyl groups is 1. The monoisotopic (exact) mass is 170 g/mol. The molecule has 0 bridgehead atoms. The van der Waals surface area contributed by atoms with Gasteiger partial charge >= 0.3 is 0 Å². The van der Waals surface area contributed by atoms with Crippen molar-refractivity contribution < 1.29 is 5.11 Å². The number of hydrogen-bond donors (Lipinski definition) is 1. The predicted molar refractivity (Wildman–Crippen MR) is 44.1 cm³/mol. The fourth-order valence-corrected chi connectivity index (χ4v) is 0.919. The van der Waals surface area contributed by atoms with Crippen molar-refractivity contribution in [2.45, 2.75) is 0 Å². The summed E-state index contributed by atoms with van der Waals surface area (Å²) >= 11 is 0. The lowest BCUT2D eigenvalue weighted by molar-refractivity contribution is 0.448. The highest BCUT2D eigenvalue weighted by Gasteiger charge is 1.95. The van der Waals surface area contributed by atoms with Gasteiger partial charge in [0.05, 0.1) is 6.20 Å². The molecular weight excluding hydrogens is 164 g/mol. The van der Waals surface area contributed by atoms with Gasteiger partial charge < -0.3 is 5.11 Å². The fourth-order valence-electron chi connectivity index (χ4n) is 0.919. The Balaban J connectivity index is 0.000000605. The second kappa shape index (κ2) is 2.80. The highest BCUT2D eigenvalue weighted by atomic mass is 35.5. The number of halogens is 1. The third kappa shape index (κ3) is 1.14. The minimum atomic E-state index is 0. The molecule has 0 radical (unpaired) electrons. The van der Waals surface area contributed by atoms with Gasteiger partial charge in [-0.15, -0.1) is 12.4 Å². The van der Waals surface area contributed by atoms with Crippen LogP contribution in [0, 0.1) is 0 Å². The maximum Gasteiger partial charge on any atom is 0.215 e. The molecule has 3 nitrogen and oxygen atoms in total. The van der Waals surface area contributed by atoms with E-state index in [9.17, 15) is 0 Å². The standard InChI is InChI=1S/C7H6N2O.ClH/c10-7-5-8-6-3-1-2-4-9(6)7;/h1-5,10H;1H. The normalized spacial score (nSPS) is 9.45. The van der Waals surface area contributed by atoms with E-state index in [1.807, 2.05) is 18.2 Å². The van der Waals surface area contributed by atoms with Crippen LogP contribution in [0.4, 0.5) is 0 Å². The van der Waals surface area contributed by atoms with Crippen molar-refractivity contribution in [3.05, 3.63) is 30.6 Å². The Hall–Kier alpha value is -1.22. The Bertz CT molecular complexity index is 358. The number of fused-ring (bicyclic) bond motifs is 1. The zero-order chi connectivity index (χ0) is 6.97. The maximum atomic E-state index is 9.11. The summed E-state index contributed by atoms with van der Waals surface area (Å²) in [7, 11) is 0. The quantitative estimate of drug-likeness (QED) is 0.650. The molecule has 2 aromatic heterocycles. The molecule has 0 saturated carbocycles. The van der Waals surface area contributed by atoms with Crippen molar-refractivity contribution in [3.63, 3.8) is 0 Å². The highest BCUT2D eigenvalue weighted by molar-refractivity contribution is 5.85. The maximum absolute atomic E-state index is 9.11. The minimum absolute atomic E-state index is 0. The average Bonchev–Trinajstić information content (AvgIpc) is 2.34. The summed E-state index contributed by atoms with van der Waals surface area (Å²) in [4.78, 5) is 3.93. The van der Waals surface area contributed by atoms with Crippen LogP contribution in [-0.4, -0.2) is 14.5 Å². The van der Waals surface area contributed by atoms with Gasteiger partial charge in [-0.2, -0.15) is 0 Å². The summed E-state index contributed by atoms with van der Waals surface area (Å²) in [6.45, 7) is 0. The molecule has 0 spiro atoms. The summed E-state index contributed by atoms with van der Waals surface area (Å²) in [5.74, 6) is 0.176. The van der Waals surface area contributed by atoms with Crippen LogP contribution in [0.3, 0.4) is 0 Å². The molecule has 0 unspecified atom stereocenters. The number of hydrogen-bond acceptors (Lipinski definition) is 2. The molecule has 0 saturated heterocycles. The van der Waals surface area contributed by atoms with Gasteiger partial charge in [-0.1, -0.05) is 6.07 Å². The van der Waals surface area contributed by atoms with Crippen LogP contribution in [0.25, 0.3) is 5.65 Å². The van der Waals surface area contributed by atoms with Crippen molar-refractivity contribution in [2.24, 2.45) is 0 Å². The van der Waals surface area contributed by atoms with Gasteiger partial charge in [0.15, 0.2) is 0 Å². The Labute approximate surface area is 69.7 Å². The lowest BCUT2D eigenvalue weighted by Crippen LogP contribution is -1.79. The Morgan fingerprint density at radius 3 is 2.91 bits per heavy atom. The van der Waals surface area contributed by atoms with Gasteiger partial charge in [-0.25, -0.2) is 4.98 Å². The van der Waals surface area contributed by atoms with Crippen molar-refractivity contribution in [3.8, 4) is 5.88 Å². The van der Waals surface area contributed by atoms with E-state index < -0.39 is 0 Å². The van der Waals surface area contributed by atoms with E-state index in [4.69, 9.17) is 5.11 Å². The molecule has 0 atom stereocenters. The number of imidazole rings is 1. The Morgan fingerprint density at radius 2 is 2.18 bits per heavy atom. The molecule has 0 aliphatic rings. The van der Waals surface area contributed by atoms with Gasteiger partial charge in [0, 0.05) is 6.20 Å². The molecule has 2 rings (SSSR count).